The summed E-state index contributed by atoms with van der Waals surface area (Å²) in [6.07, 6.45) is 3.28. The summed E-state index contributed by atoms with van der Waals surface area (Å²) in [5.41, 5.74) is 5.86. The third-order valence-electron chi connectivity index (χ3n) is 2.72. The second-order valence-electron chi connectivity index (χ2n) is 4.49. The van der Waals surface area contributed by atoms with Gasteiger partial charge in [0.05, 0.1) is 12.0 Å². The van der Waals surface area contributed by atoms with Gasteiger partial charge in [0, 0.05) is 25.6 Å². The van der Waals surface area contributed by atoms with Gasteiger partial charge in [0.25, 0.3) is 0 Å². The van der Waals surface area contributed by atoms with E-state index in [2.05, 4.69) is 20.6 Å². The minimum absolute atomic E-state index is 0.0822. The van der Waals surface area contributed by atoms with E-state index < -0.39 is 24.0 Å². The normalized spacial score (nSPS) is 13.2. The number of nitrogens with zero attached hydrogens (tertiary/aromatic N) is 1. The quantitative estimate of drug-likeness (QED) is 0.389. The molecule has 0 aromatic carbocycles. The highest BCUT2D eigenvalue weighted by Gasteiger charge is 2.24. The summed E-state index contributed by atoms with van der Waals surface area (Å²) in [5, 5.41) is 13.6. The Kier molecular flexibility index (Phi) is 6.34. The number of hydrogen-bond donors (Lipinski definition) is 5. The van der Waals surface area contributed by atoms with Gasteiger partial charge < -0.3 is 26.5 Å². The first kappa shape index (κ1) is 16.6. The number of carbonyl (C=O) groups excluding carboxylic acids is 2. The Bertz CT molecular complexity index is 488. The molecular weight excluding hydrogens is 278 g/mol. The molecular formula is C12H19N5O4. The number of nitrogens with two attached hydrogens (primary N) is 1. The van der Waals surface area contributed by atoms with Gasteiger partial charge in [-0.3, -0.25) is 14.4 Å². The van der Waals surface area contributed by atoms with Crippen molar-refractivity contribution >= 4 is 17.8 Å². The number of nitrogens with one attached hydrogen (secondary N) is 3. The Morgan fingerprint density at radius 1 is 1.43 bits per heavy atom. The first-order chi connectivity index (χ1) is 9.93. The van der Waals surface area contributed by atoms with Gasteiger partial charge in [-0.05, 0) is 6.92 Å². The van der Waals surface area contributed by atoms with Gasteiger partial charge in [-0.1, -0.05) is 0 Å². The minimum Gasteiger partial charge on any atom is -0.480 e. The van der Waals surface area contributed by atoms with Crippen molar-refractivity contribution in [3.8, 4) is 0 Å². The number of rotatable bonds is 8. The van der Waals surface area contributed by atoms with Crippen LogP contribution in [-0.4, -0.2) is 51.5 Å². The Labute approximate surface area is 121 Å². The average molecular weight is 297 g/mol. The van der Waals surface area contributed by atoms with Crippen molar-refractivity contribution in [3.05, 3.63) is 18.2 Å². The lowest BCUT2D eigenvalue weighted by atomic mass is 10.1. The first-order valence-electron chi connectivity index (χ1n) is 6.44. The summed E-state index contributed by atoms with van der Waals surface area (Å²) >= 11 is 0. The molecule has 2 amide bonds. The molecule has 1 aromatic heterocycles. The molecule has 0 unspecified atom stereocenters. The average Bonchev–Trinajstić information content (AvgIpc) is 2.90. The summed E-state index contributed by atoms with van der Waals surface area (Å²) in [7, 11) is 0. The number of hydrogen-bond acceptors (Lipinski definition) is 5. The smallest absolute Gasteiger partial charge is 0.325 e. The molecule has 9 nitrogen and oxygen atoms in total. The van der Waals surface area contributed by atoms with Crippen molar-refractivity contribution in [1.82, 2.24) is 20.6 Å². The molecule has 1 heterocycles. The highest BCUT2D eigenvalue weighted by atomic mass is 16.4. The summed E-state index contributed by atoms with van der Waals surface area (Å²) < 4.78 is 0. The van der Waals surface area contributed by atoms with E-state index in [0.29, 0.717) is 5.69 Å². The zero-order valence-corrected chi connectivity index (χ0v) is 11.6. The molecule has 1 aromatic rings. The van der Waals surface area contributed by atoms with E-state index in [9.17, 15) is 14.4 Å². The topological polar surface area (TPSA) is 150 Å². The lowest BCUT2D eigenvalue weighted by Gasteiger charge is -2.19. The Hall–Kier alpha value is -2.42. The molecule has 6 N–H and O–H groups in total. The molecule has 21 heavy (non-hydrogen) atoms. The van der Waals surface area contributed by atoms with Crippen LogP contribution in [0.3, 0.4) is 0 Å². The molecule has 0 spiro atoms. The van der Waals surface area contributed by atoms with Crippen LogP contribution in [0.4, 0.5) is 0 Å². The fourth-order valence-corrected chi connectivity index (χ4v) is 1.59. The number of carboxylic acid groups (broad SMARTS) is 1. The highest BCUT2D eigenvalue weighted by molar-refractivity contribution is 5.90. The van der Waals surface area contributed by atoms with Gasteiger partial charge in [0.1, 0.15) is 12.1 Å². The summed E-state index contributed by atoms with van der Waals surface area (Å²) in [5.74, 6) is -2.12. The Balaban J connectivity index is 2.72. The van der Waals surface area contributed by atoms with Gasteiger partial charge in [-0.25, -0.2) is 4.98 Å². The lowest BCUT2D eigenvalue weighted by Crippen LogP contribution is -2.51. The molecule has 0 aliphatic carbocycles. The molecule has 1 rings (SSSR count). The van der Waals surface area contributed by atoms with Crippen molar-refractivity contribution in [2.45, 2.75) is 31.8 Å². The lowest BCUT2D eigenvalue weighted by molar-refractivity contribution is -0.141. The maximum Gasteiger partial charge on any atom is 0.325 e. The van der Waals surface area contributed by atoms with Crippen LogP contribution in [0.1, 0.15) is 19.0 Å². The number of aromatic nitrogens is 2. The molecule has 0 saturated heterocycles. The van der Waals surface area contributed by atoms with E-state index in [0.717, 1.165) is 0 Å². The zero-order chi connectivity index (χ0) is 15.8. The van der Waals surface area contributed by atoms with Crippen LogP contribution in [0.2, 0.25) is 0 Å². The van der Waals surface area contributed by atoms with Crippen LogP contribution < -0.4 is 16.4 Å². The van der Waals surface area contributed by atoms with Gasteiger partial charge in [0.2, 0.25) is 11.8 Å². The Morgan fingerprint density at radius 3 is 2.67 bits per heavy atom. The van der Waals surface area contributed by atoms with Crippen molar-refractivity contribution in [2.24, 2.45) is 5.73 Å². The molecule has 0 saturated carbocycles. The number of carboxylic acids is 1. The molecule has 2 atom stereocenters. The van der Waals surface area contributed by atoms with E-state index in [4.69, 9.17) is 10.8 Å². The predicted molar refractivity (Wildman–Crippen MR) is 73.1 cm³/mol. The molecule has 0 aliphatic rings. The molecule has 0 aliphatic heterocycles. The van der Waals surface area contributed by atoms with E-state index in [1.807, 2.05) is 0 Å². The van der Waals surface area contributed by atoms with Crippen LogP contribution in [0.15, 0.2) is 12.5 Å². The van der Waals surface area contributed by atoms with Crippen molar-refractivity contribution in [3.63, 3.8) is 0 Å². The molecule has 116 valence electrons. The van der Waals surface area contributed by atoms with Crippen LogP contribution in [0, 0.1) is 0 Å². The fourth-order valence-electron chi connectivity index (χ4n) is 1.59. The Morgan fingerprint density at radius 2 is 2.14 bits per heavy atom. The van der Waals surface area contributed by atoms with Crippen LogP contribution in [0.5, 0.6) is 0 Å². The molecule has 0 fully saturated rings. The summed E-state index contributed by atoms with van der Waals surface area (Å²) in [6, 6.07) is -1.96. The first-order valence-corrected chi connectivity index (χ1v) is 6.44. The number of H-pyrrole nitrogens is 1. The van der Waals surface area contributed by atoms with Crippen molar-refractivity contribution < 1.29 is 19.5 Å². The van der Waals surface area contributed by atoms with Gasteiger partial charge in [-0.2, -0.15) is 0 Å². The maximum absolute atomic E-state index is 12.1. The van der Waals surface area contributed by atoms with Crippen LogP contribution in [0.25, 0.3) is 0 Å². The minimum atomic E-state index is -1.16. The monoisotopic (exact) mass is 297 g/mol. The number of aliphatic carboxylic acids is 1. The standard InChI is InChI=1S/C12H19N5O4/c1-7(12(20)21)16-11(19)9(17-10(18)2-3-13)4-8-5-14-6-15-8/h5-7,9H,2-4,13H2,1H3,(H,14,15)(H,16,19)(H,17,18)(H,20,21)/t7-,9-/m0/s1. The molecule has 9 heteroatoms. The molecule has 0 bridgehead atoms. The number of aromatic amines is 1. The predicted octanol–water partition coefficient (Wildman–Crippen LogP) is -1.62. The van der Waals surface area contributed by atoms with E-state index in [1.54, 1.807) is 6.20 Å². The third-order valence-corrected chi connectivity index (χ3v) is 2.72. The largest absolute Gasteiger partial charge is 0.480 e. The maximum atomic E-state index is 12.1. The van der Waals surface area contributed by atoms with E-state index in [1.165, 1.54) is 13.3 Å². The zero-order valence-electron chi connectivity index (χ0n) is 11.6. The second kappa shape index (κ2) is 8.00. The molecule has 0 radical (unpaired) electrons. The third kappa shape index (κ3) is 5.61. The van der Waals surface area contributed by atoms with E-state index in [-0.39, 0.29) is 25.3 Å². The highest BCUT2D eigenvalue weighted by Crippen LogP contribution is 2.00. The van der Waals surface area contributed by atoms with Gasteiger partial charge in [-0.15, -0.1) is 0 Å². The van der Waals surface area contributed by atoms with Gasteiger partial charge in [0.15, 0.2) is 0 Å². The number of amides is 2. The summed E-state index contributed by atoms with van der Waals surface area (Å²) in [4.78, 5) is 41.1. The second-order valence-corrected chi connectivity index (χ2v) is 4.49. The number of imidazole rings is 1. The van der Waals surface area contributed by atoms with Crippen LogP contribution in [-0.2, 0) is 20.8 Å². The number of carbonyl (C=O) groups is 3. The summed E-state index contributed by atoms with van der Waals surface area (Å²) in [6.45, 7) is 1.50. The van der Waals surface area contributed by atoms with E-state index >= 15 is 0 Å². The van der Waals surface area contributed by atoms with Crippen molar-refractivity contribution in [1.29, 1.82) is 0 Å². The SMILES string of the molecule is C[C@H](NC(=O)[C@H](Cc1c[nH]cn1)NC(=O)CCN)C(=O)O. The van der Waals surface area contributed by atoms with Crippen LogP contribution >= 0.6 is 0 Å². The fraction of sp³-hybridized carbons (Fsp3) is 0.500. The van der Waals surface area contributed by atoms with Gasteiger partial charge >= 0.3 is 5.97 Å². The van der Waals surface area contributed by atoms with Crippen molar-refractivity contribution in [2.75, 3.05) is 6.54 Å².